The lowest BCUT2D eigenvalue weighted by atomic mass is 10.0. The maximum Gasteiger partial charge on any atom is 0.133 e. The zero-order valence-electron chi connectivity index (χ0n) is 12.4. The summed E-state index contributed by atoms with van der Waals surface area (Å²) in [6.07, 6.45) is 4.35. The third kappa shape index (κ3) is 3.76. The van der Waals surface area contributed by atoms with Gasteiger partial charge in [-0.25, -0.2) is 4.98 Å². The van der Waals surface area contributed by atoms with Gasteiger partial charge in [-0.3, -0.25) is 9.78 Å². The second-order valence-corrected chi connectivity index (χ2v) is 5.37. The molecule has 0 spiro atoms. The van der Waals surface area contributed by atoms with E-state index in [9.17, 15) is 4.79 Å². The molecule has 0 bridgehead atoms. The van der Waals surface area contributed by atoms with Gasteiger partial charge in [0.05, 0.1) is 16.7 Å². The van der Waals surface area contributed by atoms with Crippen LogP contribution in [0.2, 0.25) is 0 Å². The summed E-state index contributed by atoms with van der Waals surface area (Å²) in [7, 11) is 0. The molecule has 0 aliphatic carbocycles. The third-order valence-corrected chi connectivity index (χ3v) is 3.69. The summed E-state index contributed by atoms with van der Waals surface area (Å²) in [5.41, 5.74) is 3.87. The molecule has 0 radical (unpaired) electrons. The van der Waals surface area contributed by atoms with Crippen LogP contribution in [0.4, 0.5) is 0 Å². The summed E-state index contributed by atoms with van der Waals surface area (Å²) in [6, 6.07) is 17.9. The molecule has 0 saturated carbocycles. The van der Waals surface area contributed by atoms with Crippen LogP contribution in [0, 0.1) is 0 Å². The number of aromatic nitrogens is 2. The van der Waals surface area contributed by atoms with Crippen molar-refractivity contribution < 1.29 is 4.79 Å². The average molecular weight is 290 g/mol. The van der Waals surface area contributed by atoms with E-state index in [1.165, 1.54) is 5.56 Å². The summed E-state index contributed by atoms with van der Waals surface area (Å²) in [4.78, 5) is 20.9. The second-order valence-electron chi connectivity index (χ2n) is 5.37. The van der Waals surface area contributed by atoms with Gasteiger partial charge < -0.3 is 0 Å². The number of hydrogen-bond acceptors (Lipinski definition) is 3. The van der Waals surface area contributed by atoms with Crippen LogP contribution in [0.5, 0.6) is 0 Å². The van der Waals surface area contributed by atoms with E-state index in [0.717, 1.165) is 23.1 Å². The van der Waals surface area contributed by atoms with Crippen molar-refractivity contribution in [2.75, 3.05) is 0 Å². The number of aryl methyl sites for hydroxylation is 2. The number of carbonyl (C=O) groups excluding carboxylic acids is 1. The van der Waals surface area contributed by atoms with Crippen LogP contribution < -0.4 is 0 Å². The lowest BCUT2D eigenvalue weighted by Crippen LogP contribution is -2.03. The molecule has 3 nitrogen and oxygen atoms in total. The normalized spacial score (nSPS) is 10.7. The number of nitrogens with zero attached hydrogens (tertiary/aromatic N) is 2. The topological polar surface area (TPSA) is 42.9 Å². The van der Waals surface area contributed by atoms with Crippen LogP contribution in [0.3, 0.4) is 0 Å². The van der Waals surface area contributed by atoms with Gasteiger partial charge in [0, 0.05) is 19.0 Å². The predicted octanol–water partition coefficient (Wildman–Crippen LogP) is 3.76. The summed E-state index contributed by atoms with van der Waals surface area (Å²) < 4.78 is 0. The van der Waals surface area contributed by atoms with E-state index in [0.29, 0.717) is 19.3 Å². The van der Waals surface area contributed by atoms with Crippen molar-refractivity contribution >= 4 is 16.8 Å². The van der Waals surface area contributed by atoms with Crippen LogP contribution in [-0.4, -0.2) is 15.8 Å². The van der Waals surface area contributed by atoms with Gasteiger partial charge in [0.15, 0.2) is 0 Å². The number of fused-ring (bicyclic) bond motifs is 1. The van der Waals surface area contributed by atoms with Gasteiger partial charge in [0.1, 0.15) is 5.78 Å². The van der Waals surface area contributed by atoms with E-state index in [1.807, 2.05) is 42.5 Å². The van der Waals surface area contributed by atoms with Crippen LogP contribution in [0.1, 0.15) is 24.1 Å². The van der Waals surface area contributed by atoms with Crippen molar-refractivity contribution in [3.8, 4) is 0 Å². The highest BCUT2D eigenvalue weighted by molar-refractivity contribution is 5.79. The van der Waals surface area contributed by atoms with Gasteiger partial charge in [-0.2, -0.15) is 0 Å². The van der Waals surface area contributed by atoms with Crippen LogP contribution in [0.15, 0.2) is 60.8 Å². The van der Waals surface area contributed by atoms with E-state index < -0.39 is 0 Å². The van der Waals surface area contributed by atoms with Gasteiger partial charge in [-0.05, 0) is 30.5 Å². The van der Waals surface area contributed by atoms with E-state index in [1.54, 1.807) is 6.20 Å². The fraction of sp³-hybridized carbons (Fsp3) is 0.211. The zero-order chi connectivity index (χ0) is 15.2. The molecule has 22 heavy (non-hydrogen) atoms. The van der Waals surface area contributed by atoms with Crippen molar-refractivity contribution in [1.82, 2.24) is 9.97 Å². The van der Waals surface area contributed by atoms with Crippen molar-refractivity contribution in [3.05, 3.63) is 72.1 Å². The first kappa shape index (κ1) is 14.4. The summed E-state index contributed by atoms with van der Waals surface area (Å²) in [5.74, 6) is 0.277. The molecule has 1 heterocycles. The molecule has 0 N–H and O–H groups in total. The Morgan fingerprint density at radius 3 is 2.32 bits per heavy atom. The molecule has 0 aliphatic heterocycles. The van der Waals surface area contributed by atoms with Gasteiger partial charge in [-0.15, -0.1) is 0 Å². The second kappa shape index (κ2) is 6.94. The molecular weight excluding hydrogens is 272 g/mol. The van der Waals surface area contributed by atoms with Crippen molar-refractivity contribution in [2.45, 2.75) is 25.7 Å². The van der Waals surface area contributed by atoms with Crippen molar-refractivity contribution in [1.29, 1.82) is 0 Å². The molecule has 0 fully saturated rings. The van der Waals surface area contributed by atoms with Crippen molar-refractivity contribution in [2.24, 2.45) is 0 Å². The minimum absolute atomic E-state index is 0.277. The predicted molar refractivity (Wildman–Crippen MR) is 87.6 cm³/mol. The van der Waals surface area contributed by atoms with Gasteiger partial charge >= 0.3 is 0 Å². The zero-order valence-corrected chi connectivity index (χ0v) is 12.4. The molecule has 110 valence electrons. The molecule has 0 unspecified atom stereocenters. The third-order valence-electron chi connectivity index (χ3n) is 3.69. The van der Waals surface area contributed by atoms with Gasteiger partial charge in [-0.1, -0.05) is 42.5 Å². The van der Waals surface area contributed by atoms with Crippen molar-refractivity contribution in [3.63, 3.8) is 0 Å². The average Bonchev–Trinajstić information content (AvgIpc) is 2.59. The molecular formula is C19H18N2O. The summed E-state index contributed by atoms with van der Waals surface area (Å²) in [6.45, 7) is 0. The Morgan fingerprint density at radius 2 is 1.50 bits per heavy atom. The molecule has 0 atom stereocenters. The first-order valence-electron chi connectivity index (χ1n) is 7.57. The lowest BCUT2D eigenvalue weighted by Gasteiger charge is -2.03. The Kier molecular flexibility index (Phi) is 4.54. The Morgan fingerprint density at radius 1 is 0.818 bits per heavy atom. The molecule has 3 aromatic rings. The number of ketones is 1. The highest BCUT2D eigenvalue weighted by atomic mass is 16.1. The highest BCUT2D eigenvalue weighted by Crippen LogP contribution is 2.11. The quantitative estimate of drug-likeness (QED) is 0.694. The fourth-order valence-electron chi connectivity index (χ4n) is 2.44. The molecule has 0 amide bonds. The molecule has 0 aliphatic rings. The monoisotopic (exact) mass is 290 g/mol. The molecule has 3 rings (SSSR count). The summed E-state index contributed by atoms with van der Waals surface area (Å²) >= 11 is 0. The maximum atomic E-state index is 12.0. The molecule has 3 heteroatoms. The van der Waals surface area contributed by atoms with Crippen LogP contribution >= 0.6 is 0 Å². The van der Waals surface area contributed by atoms with E-state index in [4.69, 9.17) is 0 Å². The number of hydrogen-bond donors (Lipinski definition) is 0. The largest absolute Gasteiger partial charge is 0.300 e. The Labute approximate surface area is 130 Å². The number of Topliss-reactive ketones (excluding diaryl/α,β-unsaturated/α-hetero) is 1. The molecule has 0 saturated heterocycles. The van der Waals surface area contributed by atoms with Crippen LogP contribution in [-0.2, 0) is 17.6 Å². The first-order valence-corrected chi connectivity index (χ1v) is 7.57. The standard InChI is InChI=1S/C19H18N2O/c22-17(12-10-15-6-2-1-3-7-15)13-11-16-14-20-18-8-4-5-9-19(18)21-16/h1-9,14H,10-13H2. The number of para-hydroxylation sites is 2. The fourth-order valence-corrected chi connectivity index (χ4v) is 2.44. The van der Waals surface area contributed by atoms with E-state index >= 15 is 0 Å². The van der Waals surface area contributed by atoms with Gasteiger partial charge in [0.25, 0.3) is 0 Å². The first-order chi connectivity index (χ1) is 10.8. The highest BCUT2D eigenvalue weighted by Gasteiger charge is 2.05. The SMILES string of the molecule is O=C(CCc1ccccc1)CCc1cnc2ccccc2n1. The smallest absolute Gasteiger partial charge is 0.133 e. The van der Waals surface area contributed by atoms with E-state index in [2.05, 4.69) is 22.1 Å². The van der Waals surface area contributed by atoms with Crippen LogP contribution in [0.25, 0.3) is 11.0 Å². The van der Waals surface area contributed by atoms with Gasteiger partial charge in [0.2, 0.25) is 0 Å². The number of benzene rings is 2. The molecule has 2 aromatic carbocycles. The molecule has 1 aromatic heterocycles. The summed E-state index contributed by atoms with van der Waals surface area (Å²) in [5, 5.41) is 0. The minimum atomic E-state index is 0.277. The lowest BCUT2D eigenvalue weighted by molar-refractivity contribution is -0.119. The van der Waals surface area contributed by atoms with E-state index in [-0.39, 0.29) is 5.78 Å². The minimum Gasteiger partial charge on any atom is -0.300 e. The number of rotatable bonds is 6. The maximum absolute atomic E-state index is 12.0. The Hall–Kier alpha value is -2.55. The number of carbonyl (C=O) groups is 1. The Bertz CT molecular complexity index is 769. The Balaban J connectivity index is 1.53.